The van der Waals surface area contributed by atoms with E-state index in [4.69, 9.17) is 13.7 Å². The quantitative estimate of drug-likeness (QED) is 0.425. The van der Waals surface area contributed by atoms with Gasteiger partial charge in [0.1, 0.15) is 5.58 Å². The van der Waals surface area contributed by atoms with E-state index in [-0.39, 0.29) is 35.1 Å². The maximum atomic E-state index is 13.2. The van der Waals surface area contributed by atoms with Gasteiger partial charge in [0.15, 0.2) is 0 Å². The van der Waals surface area contributed by atoms with Crippen molar-refractivity contribution < 1.29 is 23.3 Å². The Hall–Kier alpha value is -2.78. The second kappa shape index (κ2) is 9.45. The smallest absolute Gasteiger partial charge is 0.464 e. The summed E-state index contributed by atoms with van der Waals surface area (Å²) in [5, 5.41) is 7.17. The Balaban J connectivity index is 1.19. The standard InChI is InChI=1S/C29H38BN3O5/c1-5-26(34)33-12-8-9-20(33)16-31-27(35)32-25(13-18-17-36-22-11-7-6-10-21(18)22)30-37-24-15-19-14-23(28(19,2)3)29(24,4)38-30/h5-7,10-11,17,19-20,23-25H,1,8-9,12-16H2,2-4H3,(H2,31,32,35)/t19-,20+,23-,24?,25-,29-/m0/s1. The van der Waals surface area contributed by atoms with Gasteiger partial charge >= 0.3 is 13.1 Å². The third kappa shape index (κ3) is 4.15. The van der Waals surface area contributed by atoms with E-state index in [1.807, 2.05) is 24.3 Å². The Morgan fingerprint density at radius 1 is 1.26 bits per heavy atom. The molecule has 202 valence electrons. The fraction of sp³-hybridized carbons (Fsp3) is 0.586. The first-order valence-corrected chi connectivity index (χ1v) is 14.0. The predicted octanol–water partition coefficient (Wildman–Crippen LogP) is 4.09. The largest absolute Gasteiger partial charge is 0.482 e. The van der Waals surface area contributed by atoms with Crippen LogP contribution in [0.5, 0.6) is 0 Å². The average molecular weight is 519 g/mol. The first kappa shape index (κ1) is 25.5. The van der Waals surface area contributed by atoms with E-state index in [1.54, 1.807) is 11.2 Å². The number of rotatable bonds is 7. The fourth-order valence-corrected chi connectivity index (χ4v) is 7.60. The minimum atomic E-state index is -0.565. The van der Waals surface area contributed by atoms with Crippen LogP contribution >= 0.6 is 0 Å². The Morgan fingerprint density at radius 3 is 2.87 bits per heavy atom. The van der Waals surface area contributed by atoms with Crippen LogP contribution in [0.1, 0.15) is 52.0 Å². The number of urea groups is 1. The third-order valence-corrected chi connectivity index (χ3v) is 9.95. The number of benzene rings is 1. The van der Waals surface area contributed by atoms with Crippen molar-refractivity contribution in [3.8, 4) is 0 Å². The van der Waals surface area contributed by atoms with Crippen LogP contribution in [0.2, 0.25) is 0 Å². The molecular formula is C29H38BN3O5. The van der Waals surface area contributed by atoms with Gasteiger partial charge in [-0.05, 0) is 74.0 Å². The normalized spacial score (nSPS) is 32.0. The van der Waals surface area contributed by atoms with Crippen LogP contribution in [0.25, 0.3) is 11.0 Å². The molecule has 2 saturated heterocycles. The molecule has 6 atom stereocenters. The fourth-order valence-electron chi connectivity index (χ4n) is 7.60. The summed E-state index contributed by atoms with van der Waals surface area (Å²) >= 11 is 0. The lowest BCUT2D eigenvalue weighted by Gasteiger charge is -2.64. The second-order valence-corrected chi connectivity index (χ2v) is 12.3. The van der Waals surface area contributed by atoms with Crippen molar-refractivity contribution in [2.24, 2.45) is 17.3 Å². The van der Waals surface area contributed by atoms with Crippen LogP contribution < -0.4 is 10.6 Å². The first-order valence-electron chi connectivity index (χ1n) is 14.0. The SMILES string of the molecule is C=CC(=O)N1CCC[C@@H]1CNC(=O)N[C@@H](Cc1coc2ccccc12)B1OC2C[C@@H]3C[C@@H](C3(C)C)[C@]2(C)O1. The van der Waals surface area contributed by atoms with E-state index in [9.17, 15) is 9.59 Å². The number of hydrogen-bond donors (Lipinski definition) is 2. The van der Waals surface area contributed by atoms with Crippen molar-refractivity contribution in [3.05, 3.63) is 48.7 Å². The average Bonchev–Trinajstić information content (AvgIpc) is 3.62. The zero-order valence-corrected chi connectivity index (χ0v) is 22.6. The Morgan fingerprint density at radius 2 is 2.08 bits per heavy atom. The molecule has 3 heterocycles. The molecule has 0 radical (unpaired) electrons. The molecule has 2 bridgehead atoms. The molecule has 38 heavy (non-hydrogen) atoms. The number of para-hydroxylation sites is 1. The van der Waals surface area contributed by atoms with Gasteiger partial charge < -0.3 is 29.3 Å². The van der Waals surface area contributed by atoms with E-state index in [0.29, 0.717) is 31.3 Å². The van der Waals surface area contributed by atoms with Gasteiger partial charge in [0, 0.05) is 24.5 Å². The van der Waals surface area contributed by atoms with Gasteiger partial charge in [-0.2, -0.15) is 0 Å². The molecule has 1 aromatic heterocycles. The van der Waals surface area contributed by atoms with Gasteiger partial charge in [0.05, 0.1) is 23.9 Å². The number of carbonyl (C=O) groups excluding carboxylic acids is 2. The number of amides is 3. The lowest BCUT2D eigenvalue weighted by Crippen LogP contribution is -2.65. The summed E-state index contributed by atoms with van der Waals surface area (Å²) in [5.41, 5.74) is 1.69. The highest BCUT2D eigenvalue weighted by Gasteiger charge is 2.68. The van der Waals surface area contributed by atoms with Gasteiger partial charge in [-0.1, -0.05) is 38.6 Å². The number of fused-ring (bicyclic) bond motifs is 1. The number of nitrogens with one attached hydrogen (secondary N) is 2. The van der Waals surface area contributed by atoms with Gasteiger partial charge in [-0.15, -0.1) is 0 Å². The summed E-state index contributed by atoms with van der Waals surface area (Å²) in [7, 11) is -0.565. The minimum Gasteiger partial charge on any atom is -0.464 e. The minimum absolute atomic E-state index is 0.0229. The van der Waals surface area contributed by atoms with Gasteiger partial charge in [0.25, 0.3) is 0 Å². The highest BCUT2D eigenvalue weighted by Crippen LogP contribution is 2.65. The molecule has 5 fully saturated rings. The zero-order valence-electron chi connectivity index (χ0n) is 22.6. The molecule has 1 unspecified atom stereocenters. The zero-order chi connectivity index (χ0) is 26.7. The highest BCUT2D eigenvalue weighted by molar-refractivity contribution is 6.48. The van der Waals surface area contributed by atoms with Gasteiger partial charge in [-0.25, -0.2) is 4.79 Å². The van der Waals surface area contributed by atoms with E-state index >= 15 is 0 Å². The molecule has 2 N–H and O–H groups in total. The van der Waals surface area contributed by atoms with Crippen LogP contribution in [0.3, 0.4) is 0 Å². The third-order valence-electron chi connectivity index (χ3n) is 9.95. The van der Waals surface area contributed by atoms with Crippen molar-refractivity contribution in [1.29, 1.82) is 0 Å². The monoisotopic (exact) mass is 519 g/mol. The van der Waals surface area contributed by atoms with E-state index in [1.165, 1.54) is 12.5 Å². The number of nitrogens with zero attached hydrogens (tertiary/aromatic N) is 1. The highest BCUT2D eigenvalue weighted by atomic mass is 16.7. The Labute approximate surface area is 224 Å². The molecule has 0 spiro atoms. The summed E-state index contributed by atoms with van der Waals surface area (Å²) < 4.78 is 19.1. The van der Waals surface area contributed by atoms with Crippen LogP contribution in [0.4, 0.5) is 4.79 Å². The molecule has 3 saturated carbocycles. The van der Waals surface area contributed by atoms with Gasteiger partial charge in [-0.3, -0.25) is 4.79 Å². The van der Waals surface area contributed by atoms with Crippen LogP contribution in [0, 0.1) is 17.3 Å². The lowest BCUT2D eigenvalue weighted by molar-refractivity contribution is -0.199. The predicted molar refractivity (Wildman–Crippen MR) is 145 cm³/mol. The number of hydrogen-bond acceptors (Lipinski definition) is 5. The van der Waals surface area contributed by atoms with E-state index in [0.717, 1.165) is 35.8 Å². The second-order valence-electron chi connectivity index (χ2n) is 12.3. The maximum Gasteiger partial charge on any atom is 0.482 e. The summed E-state index contributed by atoms with van der Waals surface area (Å²) in [5.74, 6) is 0.578. The number of furan rings is 1. The molecule has 2 aromatic rings. The van der Waals surface area contributed by atoms with Crippen molar-refractivity contribution in [1.82, 2.24) is 15.5 Å². The molecule has 3 aliphatic carbocycles. The van der Waals surface area contributed by atoms with Crippen LogP contribution in [0.15, 0.2) is 47.6 Å². The van der Waals surface area contributed by atoms with Crippen molar-refractivity contribution in [2.75, 3.05) is 13.1 Å². The molecule has 9 heteroatoms. The summed E-state index contributed by atoms with van der Waals surface area (Å²) in [6.07, 6.45) is 7.57. The molecule has 8 nitrogen and oxygen atoms in total. The van der Waals surface area contributed by atoms with E-state index in [2.05, 4.69) is 38.0 Å². The van der Waals surface area contributed by atoms with Crippen LogP contribution in [-0.2, 0) is 20.5 Å². The first-order chi connectivity index (χ1) is 18.2. The van der Waals surface area contributed by atoms with Crippen molar-refractivity contribution in [3.63, 3.8) is 0 Å². The van der Waals surface area contributed by atoms with Crippen LogP contribution in [-0.4, -0.2) is 60.7 Å². The van der Waals surface area contributed by atoms with E-state index < -0.39 is 13.1 Å². The van der Waals surface area contributed by atoms with Gasteiger partial charge in [0.2, 0.25) is 5.91 Å². The Bertz CT molecular complexity index is 1250. The summed E-state index contributed by atoms with van der Waals surface area (Å²) in [6.45, 7) is 11.6. The summed E-state index contributed by atoms with van der Waals surface area (Å²) in [6, 6.07) is 7.59. The molecule has 1 aromatic carbocycles. The lowest BCUT2D eigenvalue weighted by atomic mass is 9.43. The molecular weight excluding hydrogens is 481 g/mol. The number of carbonyl (C=O) groups is 2. The molecule has 7 rings (SSSR count). The maximum absolute atomic E-state index is 13.2. The van der Waals surface area contributed by atoms with Crippen molar-refractivity contribution >= 4 is 30.0 Å². The summed E-state index contributed by atoms with van der Waals surface area (Å²) in [4.78, 5) is 27.1. The molecule has 5 aliphatic rings. The molecule has 2 aliphatic heterocycles. The Kier molecular flexibility index (Phi) is 6.34. The topological polar surface area (TPSA) is 93.0 Å². The van der Waals surface area contributed by atoms with Crippen molar-refractivity contribution in [2.45, 2.75) is 76.6 Å². The molecule has 3 amide bonds. The number of likely N-dealkylation sites (tertiary alicyclic amines) is 1.